The first kappa shape index (κ1) is 12.7. The van der Waals surface area contributed by atoms with Gasteiger partial charge in [0.25, 0.3) is 5.91 Å². The molecule has 20 heavy (non-hydrogen) atoms. The number of piperidine rings is 1. The number of aromatic nitrogens is 5. The summed E-state index contributed by atoms with van der Waals surface area (Å²) in [4.78, 5) is 22.2. The minimum absolute atomic E-state index is 0.0648. The topological polar surface area (TPSA) is 76.8 Å². The van der Waals surface area contributed by atoms with Crippen LogP contribution >= 0.6 is 0 Å². The molecule has 2 aromatic rings. The van der Waals surface area contributed by atoms with Gasteiger partial charge in [0, 0.05) is 38.4 Å². The van der Waals surface area contributed by atoms with Gasteiger partial charge in [-0.05, 0) is 12.8 Å². The first-order valence-corrected chi connectivity index (χ1v) is 6.65. The molecule has 2 aromatic heterocycles. The molecule has 7 heteroatoms. The van der Waals surface area contributed by atoms with Gasteiger partial charge in [0.1, 0.15) is 17.8 Å². The monoisotopic (exact) mass is 272 g/mol. The summed E-state index contributed by atoms with van der Waals surface area (Å²) in [5.74, 6) is 1.10. The van der Waals surface area contributed by atoms with Crippen LogP contribution in [0.3, 0.4) is 0 Å². The molecule has 104 valence electrons. The van der Waals surface area contributed by atoms with Crippen LogP contribution < -0.4 is 0 Å². The highest BCUT2D eigenvalue weighted by Gasteiger charge is 2.28. The van der Waals surface area contributed by atoms with E-state index in [4.69, 9.17) is 0 Å². The van der Waals surface area contributed by atoms with E-state index in [1.165, 1.54) is 12.4 Å². The summed E-state index contributed by atoms with van der Waals surface area (Å²) in [5, 5.41) is 8.07. The third kappa shape index (κ3) is 2.38. The van der Waals surface area contributed by atoms with Crippen molar-refractivity contribution in [3.8, 4) is 0 Å². The molecule has 0 saturated carbocycles. The lowest BCUT2D eigenvalue weighted by molar-refractivity contribution is 0.0697. The van der Waals surface area contributed by atoms with Crippen LogP contribution in [0.25, 0.3) is 0 Å². The molecule has 0 bridgehead atoms. The molecule has 0 spiro atoms. The van der Waals surface area contributed by atoms with Crippen molar-refractivity contribution in [1.82, 2.24) is 29.6 Å². The Kier molecular flexibility index (Phi) is 3.41. The maximum Gasteiger partial charge on any atom is 0.274 e. The van der Waals surface area contributed by atoms with E-state index < -0.39 is 0 Å². The lowest BCUT2D eigenvalue weighted by Crippen LogP contribution is -2.40. The second-order valence-electron chi connectivity index (χ2n) is 4.98. The minimum atomic E-state index is -0.0648. The predicted octanol–water partition coefficient (Wildman–Crippen LogP) is 0.625. The van der Waals surface area contributed by atoms with Crippen LogP contribution in [-0.4, -0.2) is 48.6 Å². The van der Waals surface area contributed by atoms with Gasteiger partial charge in [0.05, 0.1) is 6.20 Å². The zero-order valence-corrected chi connectivity index (χ0v) is 11.3. The average Bonchev–Trinajstić information content (AvgIpc) is 2.94. The zero-order chi connectivity index (χ0) is 13.9. The number of nitrogens with zero attached hydrogens (tertiary/aromatic N) is 6. The Morgan fingerprint density at radius 1 is 1.40 bits per heavy atom. The standard InChI is InChI=1S/C13H16N6O/c1-18-9-16-17-12(18)10-3-2-6-19(8-10)13(20)11-7-14-4-5-15-11/h4-5,7,9-10H,2-3,6,8H2,1H3/t10-/m1/s1. The van der Waals surface area contributed by atoms with E-state index in [0.29, 0.717) is 12.2 Å². The lowest BCUT2D eigenvalue weighted by atomic mass is 9.97. The molecule has 1 atom stereocenters. The van der Waals surface area contributed by atoms with Gasteiger partial charge in [-0.1, -0.05) is 0 Å². The fraction of sp³-hybridized carbons (Fsp3) is 0.462. The molecule has 1 aliphatic rings. The molecule has 1 aliphatic heterocycles. The number of aryl methyl sites for hydroxylation is 1. The van der Waals surface area contributed by atoms with E-state index in [1.54, 1.807) is 12.5 Å². The number of carbonyl (C=O) groups excluding carboxylic acids is 1. The molecular formula is C13H16N6O. The molecule has 0 radical (unpaired) electrons. The number of hydrogen-bond donors (Lipinski definition) is 0. The van der Waals surface area contributed by atoms with Gasteiger partial charge < -0.3 is 9.47 Å². The number of carbonyl (C=O) groups is 1. The first-order valence-electron chi connectivity index (χ1n) is 6.65. The van der Waals surface area contributed by atoms with Crippen molar-refractivity contribution in [3.63, 3.8) is 0 Å². The van der Waals surface area contributed by atoms with Crippen molar-refractivity contribution in [3.05, 3.63) is 36.4 Å². The van der Waals surface area contributed by atoms with Crippen LogP contribution in [0, 0.1) is 0 Å². The van der Waals surface area contributed by atoms with Gasteiger partial charge in [-0.25, -0.2) is 4.98 Å². The summed E-state index contributed by atoms with van der Waals surface area (Å²) in [6.07, 6.45) is 8.29. The summed E-state index contributed by atoms with van der Waals surface area (Å²) >= 11 is 0. The highest BCUT2D eigenvalue weighted by molar-refractivity contribution is 5.92. The average molecular weight is 272 g/mol. The smallest absolute Gasteiger partial charge is 0.274 e. The maximum absolute atomic E-state index is 12.4. The highest BCUT2D eigenvalue weighted by atomic mass is 16.2. The van der Waals surface area contributed by atoms with Gasteiger partial charge in [-0.2, -0.15) is 0 Å². The van der Waals surface area contributed by atoms with E-state index in [-0.39, 0.29) is 11.8 Å². The Bertz CT molecular complexity index is 596. The molecule has 0 aliphatic carbocycles. The zero-order valence-electron chi connectivity index (χ0n) is 11.3. The lowest BCUT2D eigenvalue weighted by Gasteiger charge is -2.31. The molecule has 1 fully saturated rings. The predicted molar refractivity (Wildman–Crippen MR) is 70.9 cm³/mol. The molecule has 1 amide bonds. The normalized spacial score (nSPS) is 19.1. The van der Waals surface area contributed by atoms with Gasteiger partial charge in [-0.3, -0.25) is 9.78 Å². The summed E-state index contributed by atoms with van der Waals surface area (Å²) < 4.78 is 1.92. The maximum atomic E-state index is 12.4. The molecule has 0 N–H and O–H groups in total. The quantitative estimate of drug-likeness (QED) is 0.801. The number of likely N-dealkylation sites (tertiary alicyclic amines) is 1. The Labute approximate surface area is 116 Å². The number of rotatable bonds is 2. The number of hydrogen-bond acceptors (Lipinski definition) is 5. The summed E-state index contributed by atoms with van der Waals surface area (Å²) in [6.45, 7) is 1.41. The van der Waals surface area contributed by atoms with Crippen LogP contribution in [-0.2, 0) is 7.05 Å². The molecule has 0 aromatic carbocycles. The van der Waals surface area contributed by atoms with Crippen LogP contribution in [0.4, 0.5) is 0 Å². The first-order chi connectivity index (χ1) is 9.75. The Morgan fingerprint density at radius 3 is 3.00 bits per heavy atom. The Morgan fingerprint density at radius 2 is 2.30 bits per heavy atom. The van der Waals surface area contributed by atoms with Gasteiger partial charge in [0.2, 0.25) is 0 Å². The van der Waals surface area contributed by atoms with E-state index in [0.717, 1.165) is 25.2 Å². The van der Waals surface area contributed by atoms with Crippen LogP contribution in [0.1, 0.15) is 35.1 Å². The molecule has 1 saturated heterocycles. The SMILES string of the molecule is Cn1cnnc1[C@@H]1CCCN(C(=O)c2cnccn2)C1. The van der Waals surface area contributed by atoms with E-state index in [1.807, 2.05) is 16.5 Å². The molecule has 3 heterocycles. The fourth-order valence-electron chi connectivity index (χ4n) is 2.61. The van der Waals surface area contributed by atoms with Gasteiger partial charge >= 0.3 is 0 Å². The van der Waals surface area contributed by atoms with Gasteiger partial charge in [0.15, 0.2) is 0 Å². The molecular weight excluding hydrogens is 256 g/mol. The summed E-state index contributed by atoms with van der Waals surface area (Å²) in [6, 6.07) is 0. The van der Waals surface area contributed by atoms with E-state index in [2.05, 4.69) is 20.2 Å². The van der Waals surface area contributed by atoms with Crippen molar-refractivity contribution in [2.45, 2.75) is 18.8 Å². The second kappa shape index (κ2) is 5.36. The molecule has 7 nitrogen and oxygen atoms in total. The fourth-order valence-corrected chi connectivity index (χ4v) is 2.61. The minimum Gasteiger partial charge on any atom is -0.337 e. The Hall–Kier alpha value is -2.31. The second-order valence-corrected chi connectivity index (χ2v) is 4.98. The third-order valence-corrected chi connectivity index (χ3v) is 3.60. The van der Waals surface area contributed by atoms with E-state index in [9.17, 15) is 4.79 Å². The number of amides is 1. The Balaban J connectivity index is 1.76. The van der Waals surface area contributed by atoms with Crippen molar-refractivity contribution in [2.75, 3.05) is 13.1 Å². The van der Waals surface area contributed by atoms with Gasteiger partial charge in [-0.15, -0.1) is 10.2 Å². The van der Waals surface area contributed by atoms with Crippen molar-refractivity contribution >= 4 is 5.91 Å². The van der Waals surface area contributed by atoms with Crippen molar-refractivity contribution in [2.24, 2.45) is 7.05 Å². The molecule has 0 unspecified atom stereocenters. The van der Waals surface area contributed by atoms with E-state index >= 15 is 0 Å². The molecule has 3 rings (SSSR count). The summed E-state index contributed by atoms with van der Waals surface area (Å²) in [7, 11) is 1.93. The third-order valence-electron chi connectivity index (χ3n) is 3.60. The van der Waals surface area contributed by atoms with Crippen molar-refractivity contribution < 1.29 is 4.79 Å². The van der Waals surface area contributed by atoms with Crippen LogP contribution in [0.15, 0.2) is 24.9 Å². The van der Waals surface area contributed by atoms with Crippen LogP contribution in [0.2, 0.25) is 0 Å². The largest absolute Gasteiger partial charge is 0.337 e. The summed E-state index contributed by atoms with van der Waals surface area (Å²) in [5.41, 5.74) is 0.395. The van der Waals surface area contributed by atoms with Crippen molar-refractivity contribution in [1.29, 1.82) is 0 Å². The highest BCUT2D eigenvalue weighted by Crippen LogP contribution is 2.25. The van der Waals surface area contributed by atoms with Crippen LogP contribution in [0.5, 0.6) is 0 Å².